The van der Waals surface area contributed by atoms with E-state index in [1.54, 1.807) is 0 Å². The first-order valence-corrected chi connectivity index (χ1v) is 8.21. The van der Waals surface area contributed by atoms with Crippen molar-refractivity contribution in [2.75, 3.05) is 5.32 Å². The molecule has 1 amide bonds. The summed E-state index contributed by atoms with van der Waals surface area (Å²) in [5.74, 6) is 0.693. The van der Waals surface area contributed by atoms with Crippen LogP contribution in [0, 0.1) is 12.8 Å². The zero-order valence-corrected chi connectivity index (χ0v) is 14.6. The van der Waals surface area contributed by atoms with E-state index in [-0.39, 0.29) is 18.3 Å². The standard InChI is InChI=1S/C16H21BrN2O.ClH/c1-10-2-3-12(17)9-15(10)19-16(20)8-11-6-13-4-5-14(7-11)18-13;/h2-3,9,11,13-14,18H,4-8H2,1H3,(H,19,20);1H. The Kier molecular flexibility index (Phi) is 5.69. The minimum atomic E-state index is 0. The van der Waals surface area contributed by atoms with Gasteiger partial charge in [-0.3, -0.25) is 4.79 Å². The van der Waals surface area contributed by atoms with Crippen LogP contribution in [-0.4, -0.2) is 18.0 Å². The molecule has 3 nitrogen and oxygen atoms in total. The summed E-state index contributed by atoms with van der Waals surface area (Å²) >= 11 is 3.45. The van der Waals surface area contributed by atoms with Crippen molar-refractivity contribution in [1.29, 1.82) is 0 Å². The van der Waals surface area contributed by atoms with Crippen molar-refractivity contribution in [3.8, 4) is 0 Å². The molecule has 2 aliphatic heterocycles. The third-order valence-corrected chi connectivity index (χ3v) is 5.01. The van der Waals surface area contributed by atoms with Gasteiger partial charge >= 0.3 is 0 Å². The van der Waals surface area contributed by atoms with Crippen molar-refractivity contribution in [3.63, 3.8) is 0 Å². The Labute approximate surface area is 140 Å². The average molecular weight is 374 g/mol. The number of carbonyl (C=O) groups is 1. The van der Waals surface area contributed by atoms with E-state index in [9.17, 15) is 4.79 Å². The maximum atomic E-state index is 12.2. The van der Waals surface area contributed by atoms with Gasteiger partial charge in [-0.2, -0.15) is 0 Å². The Morgan fingerprint density at radius 1 is 1.33 bits per heavy atom. The predicted octanol–water partition coefficient (Wildman–Crippen LogP) is 4.04. The molecule has 1 aromatic carbocycles. The van der Waals surface area contributed by atoms with Crippen LogP contribution in [-0.2, 0) is 4.79 Å². The van der Waals surface area contributed by atoms with E-state index < -0.39 is 0 Å². The molecule has 2 heterocycles. The number of hydrogen-bond acceptors (Lipinski definition) is 2. The van der Waals surface area contributed by atoms with E-state index in [0.717, 1.165) is 28.6 Å². The Morgan fingerprint density at radius 2 is 2.00 bits per heavy atom. The molecule has 0 saturated carbocycles. The molecule has 2 atom stereocenters. The molecule has 5 heteroatoms. The smallest absolute Gasteiger partial charge is 0.224 e. The molecule has 21 heavy (non-hydrogen) atoms. The zero-order valence-electron chi connectivity index (χ0n) is 12.2. The lowest BCUT2D eigenvalue weighted by Gasteiger charge is -2.28. The summed E-state index contributed by atoms with van der Waals surface area (Å²) in [7, 11) is 0. The number of benzene rings is 1. The lowest BCUT2D eigenvalue weighted by atomic mass is 9.89. The molecule has 0 radical (unpaired) electrons. The molecule has 1 aromatic rings. The van der Waals surface area contributed by atoms with Crippen molar-refractivity contribution < 1.29 is 4.79 Å². The van der Waals surface area contributed by atoms with Gasteiger partial charge in [0.2, 0.25) is 5.91 Å². The molecule has 2 unspecified atom stereocenters. The second kappa shape index (κ2) is 7.12. The van der Waals surface area contributed by atoms with Crippen LogP contribution < -0.4 is 10.6 Å². The first-order chi connectivity index (χ1) is 9.60. The van der Waals surface area contributed by atoms with Gasteiger partial charge < -0.3 is 10.6 Å². The van der Waals surface area contributed by atoms with Crippen molar-refractivity contribution in [2.45, 2.75) is 51.1 Å². The Morgan fingerprint density at radius 3 is 2.67 bits per heavy atom. The number of hydrogen-bond donors (Lipinski definition) is 2. The first-order valence-electron chi connectivity index (χ1n) is 7.42. The summed E-state index contributed by atoms with van der Waals surface area (Å²) in [4.78, 5) is 12.2. The van der Waals surface area contributed by atoms with Gasteiger partial charge in [-0.15, -0.1) is 12.4 Å². The number of aryl methyl sites for hydroxylation is 1. The minimum Gasteiger partial charge on any atom is -0.326 e. The quantitative estimate of drug-likeness (QED) is 0.839. The number of fused-ring (bicyclic) bond motifs is 2. The molecule has 0 aliphatic carbocycles. The van der Waals surface area contributed by atoms with E-state index in [4.69, 9.17) is 0 Å². The third-order valence-electron chi connectivity index (χ3n) is 4.52. The maximum Gasteiger partial charge on any atom is 0.224 e. The SMILES string of the molecule is Cc1ccc(Br)cc1NC(=O)CC1CC2CCC(C1)N2.Cl. The molecule has 2 saturated heterocycles. The highest BCUT2D eigenvalue weighted by atomic mass is 79.9. The summed E-state index contributed by atoms with van der Waals surface area (Å²) in [5.41, 5.74) is 2.02. The van der Waals surface area contributed by atoms with Gasteiger partial charge in [0, 0.05) is 28.7 Å². The molecule has 3 rings (SSSR count). The fourth-order valence-corrected chi connectivity index (χ4v) is 3.90. The largest absolute Gasteiger partial charge is 0.326 e. The number of piperidine rings is 1. The molecule has 0 aromatic heterocycles. The molecule has 0 spiro atoms. The van der Waals surface area contributed by atoms with Gasteiger partial charge in [-0.05, 0) is 56.2 Å². The van der Waals surface area contributed by atoms with Gasteiger partial charge in [-0.25, -0.2) is 0 Å². The van der Waals surface area contributed by atoms with Crippen LogP contribution >= 0.6 is 28.3 Å². The molecule has 2 N–H and O–H groups in total. The molecular weight excluding hydrogens is 352 g/mol. The Balaban J connectivity index is 0.00000161. The number of anilines is 1. The zero-order chi connectivity index (χ0) is 14.1. The summed E-state index contributed by atoms with van der Waals surface area (Å²) in [5, 5.41) is 6.68. The highest BCUT2D eigenvalue weighted by molar-refractivity contribution is 9.10. The van der Waals surface area contributed by atoms with Crippen LogP contribution in [0.15, 0.2) is 22.7 Å². The maximum absolute atomic E-state index is 12.2. The van der Waals surface area contributed by atoms with Crippen LogP contribution in [0.25, 0.3) is 0 Å². The third kappa shape index (κ3) is 4.21. The second-order valence-electron chi connectivity index (χ2n) is 6.19. The fraction of sp³-hybridized carbons (Fsp3) is 0.562. The predicted molar refractivity (Wildman–Crippen MR) is 92.0 cm³/mol. The minimum absolute atomic E-state index is 0. The van der Waals surface area contributed by atoms with Crippen LogP contribution in [0.4, 0.5) is 5.69 Å². The van der Waals surface area contributed by atoms with Gasteiger partial charge in [0.1, 0.15) is 0 Å². The Hall–Kier alpha value is -0.580. The number of nitrogens with one attached hydrogen (secondary N) is 2. The number of amides is 1. The molecule has 2 bridgehead atoms. The van der Waals surface area contributed by atoms with Crippen molar-refractivity contribution in [3.05, 3.63) is 28.2 Å². The van der Waals surface area contributed by atoms with E-state index in [2.05, 4.69) is 26.6 Å². The number of halogens is 2. The lowest BCUT2D eigenvalue weighted by Crippen LogP contribution is -2.39. The van der Waals surface area contributed by atoms with Crippen molar-refractivity contribution in [2.24, 2.45) is 5.92 Å². The Bertz CT molecular complexity index is 511. The van der Waals surface area contributed by atoms with Gasteiger partial charge in [0.15, 0.2) is 0 Å². The normalized spacial score (nSPS) is 27.0. The summed E-state index contributed by atoms with van der Waals surface area (Å²) in [6.45, 7) is 2.02. The van der Waals surface area contributed by atoms with Gasteiger partial charge in [-0.1, -0.05) is 22.0 Å². The second-order valence-corrected chi connectivity index (χ2v) is 7.10. The topological polar surface area (TPSA) is 41.1 Å². The molecular formula is C16H22BrClN2O. The van der Waals surface area contributed by atoms with Crippen LogP contribution in [0.3, 0.4) is 0 Å². The van der Waals surface area contributed by atoms with Gasteiger partial charge in [0.25, 0.3) is 0 Å². The van der Waals surface area contributed by atoms with E-state index in [1.165, 1.54) is 12.8 Å². The van der Waals surface area contributed by atoms with E-state index in [0.29, 0.717) is 24.4 Å². The average Bonchev–Trinajstić information content (AvgIpc) is 2.73. The fourth-order valence-electron chi connectivity index (χ4n) is 3.53. The monoisotopic (exact) mass is 372 g/mol. The molecule has 2 fully saturated rings. The van der Waals surface area contributed by atoms with Crippen LogP contribution in [0.2, 0.25) is 0 Å². The highest BCUT2D eigenvalue weighted by Gasteiger charge is 2.34. The van der Waals surface area contributed by atoms with Crippen LogP contribution in [0.5, 0.6) is 0 Å². The lowest BCUT2D eigenvalue weighted by molar-refractivity contribution is -0.117. The van der Waals surface area contributed by atoms with E-state index in [1.807, 2.05) is 25.1 Å². The van der Waals surface area contributed by atoms with E-state index >= 15 is 0 Å². The summed E-state index contributed by atoms with van der Waals surface area (Å²) in [6.07, 6.45) is 5.53. The molecule has 116 valence electrons. The number of rotatable bonds is 3. The van der Waals surface area contributed by atoms with Crippen molar-refractivity contribution in [1.82, 2.24) is 5.32 Å². The number of carbonyl (C=O) groups excluding carboxylic acids is 1. The summed E-state index contributed by atoms with van der Waals surface area (Å²) < 4.78 is 0.998. The summed E-state index contributed by atoms with van der Waals surface area (Å²) in [6, 6.07) is 7.29. The first kappa shape index (κ1) is 16.8. The van der Waals surface area contributed by atoms with Crippen molar-refractivity contribution >= 4 is 39.9 Å². The van der Waals surface area contributed by atoms with Gasteiger partial charge in [0.05, 0.1) is 0 Å². The van der Waals surface area contributed by atoms with Crippen LogP contribution in [0.1, 0.15) is 37.7 Å². The molecule has 2 aliphatic rings. The highest BCUT2D eigenvalue weighted by Crippen LogP contribution is 2.33.